The van der Waals surface area contributed by atoms with Crippen molar-refractivity contribution in [3.05, 3.63) is 18.2 Å². The number of nitrogens with zero attached hydrogens (tertiary/aromatic N) is 2. The van der Waals surface area contributed by atoms with Gasteiger partial charge in [-0.1, -0.05) is 0 Å². The van der Waals surface area contributed by atoms with Crippen molar-refractivity contribution in [2.75, 3.05) is 18.6 Å². The number of nitrogens with two attached hydrogens (primary N) is 1. The van der Waals surface area contributed by atoms with Crippen LogP contribution in [0.25, 0.3) is 0 Å². The van der Waals surface area contributed by atoms with Crippen LogP contribution in [0, 0.1) is 0 Å². The maximum atomic E-state index is 12.9. The van der Waals surface area contributed by atoms with E-state index in [0.29, 0.717) is 37.3 Å². The monoisotopic (exact) mass is 454 g/mol. The second-order valence-electron chi connectivity index (χ2n) is 7.50. The van der Waals surface area contributed by atoms with Crippen molar-refractivity contribution in [2.45, 2.75) is 56.8 Å². The lowest BCUT2D eigenvalue weighted by atomic mass is 10.1. The lowest BCUT2D eigenvalue weighted by Gasteiger charge is -2.28. The van der Waals surface area contributed by atoms with Crippen LogP contribution in [0.5, 0.6) is 0 Å². The normalized spacial score (nSPS) is 18.8. The summed E-state index contributed by atoms with van der Waals surface area (Å²) in [6, 6.07) is -3.51. The third-order valence-corrected chi connectivity index (χ3v) is 5.71. The molecule has 2 heterocycles. The fourth-order valence-electron chi connectivity index (χ4n) is 3.43. The Bertz CT molecular complexity index is 772. The number of amides is 3. The first kappa shape index (κ1) is 24.7. The third-order valence-electron chi connectivity index (χ3n) is 5.07. The molecule has 0 radical (unpaired) electrons. The number of carboxylic acids is 1. The smallest absolute Gasteiger partial charge is 0.326 e. The van der Waals surface area contributed by atoms with E-state index in [2.05, 4.69) is 20.6 Å². The van der Waals surface area contributed by atoms with Gasteiger partial charge in [-0.3, -0.25) is 14.4 Å². The van der Waals surface area contributed by atoms with E-state index < -0.39 is 42.0 Å². The zero-order valence-corrected chi connectivity index (χ0v) is 18.5. The van der Waals surface area contributed by atoms with Crippen molar-refractivity contribution >= 4 is 35.5 Å². The summed E-state index contributed by atoms with van der Waals surface area (Å²) in [5.74, 6) is -1.94. The third kappa shape index (κ3) is 6.96. The van der Waals surface area contributed by atoms with Gasteiger partial charge in [0.15, 0.2) is 0 Å². The molecular formula is C19H30N6O5S. The van der Waals surface area contributed by atoms with Gasteiger partial charge in [-0.15, -0.1) is 0 Å². The summed E-state index contributed by atoms with van der Waals surface area (Å²) < 4.78 is 0. The SMILES string of the molecule is CSCCC(NC(=O)C1CCCN1C(=O)C(C)N)C(=O)NC(Cc1cnc[nH]1)C(=O)O. The number of aliphatic carboxylic acids is 1. The Morgan fingerprint density at radius 1 is 1.35 bits per heavy atom. The van der Waals surface area contributed by atoms with Gasteiger partial charge in [0, 0.05) is 24.9 Å². The average molecular weight is 455 g/mol. The van der Waals surface area contributed by atoms with Gasteiger partial charge < -0.3 is 31.4 Å². The standard InChI is InChI=1S/C19H30N6O5S/c1-11(20)18(28)25-6-3-4-15(25)17(27)23-13(5-7-31-2)16(26)24-14(19(29)30)8-12-9-21-10-22-12/h9-11,13-15H,3-8,20H2,1-2H3,(H,21,22)(H,23,27)(H,24,26)(H,29,30). The van der Waals surface area contributed by atoms with Crippen LogP contribution in [-0.4, -0.2) is 86.4 Å². The molecule has 1 aliphatic rings. The minimum absolute atomic E-state index is 0.0313. The number of nitrogens with one attached hydrogen (secondary N) is 3. The molecule has 0 spiro atoms. The molecule has 3 amide bonds. The van der Waals surface area contributed by atoms with Gasteiger partial charge in [0.25, 0.3) is 0 Å². The maximum Gasteiger partial charge on any atom is 0.326 e. The van der Waals surface area contributed by atoms with Crippen LogP contribution in [0.3, 0.4) is 0 Å². The first-order valence-electron chi connectivity index (χ1n) is 10.1. The Labute approximate surface area is 184 Å². The predicted octanol–water partition coefficient (Wildman–Crippen LogP) is -0.902. The number of carbonyl (C=O) groups excluding carboxylic acids is 3. The van der Waals surface area contributed by atoms with Crippen molar-refractivity contribution < 1.29 is 24.3 Å². The number of aromatic amines is 1. The second-order valence-corrected chi connectivity index (χ2v) is 8.49. The van der Waals surface area contributed by atoms with E-state index in [4.69, 9.17) is 5.73 Å². The van der Waals surface area contributed by atoms with Crippen molar-refractivity contribution in [2.24, 2.45) is 5.73 Å². The van der Waals surface area contributed by atoms with E-state index >= 15 is 0 Å². The minimum Gasteiger partial charge on any atom is -0.480 e. The molecule has 12 heteroatoms. The molecule has 31 heavy (non-hydrogen) atoms. The average Bonchev–Trinajstić information content (AvgIpc) is 3.41. The summed E-state index contributed by atoms with van der Waals surface area (Å²) in [4.78, 5) is 57.7. The van der Waals surface area contributed by atoms with Gasteiger partial charge in [0.2, 0.25) is 17.7 Å². The Morgan fingerprint density at radius 2 is 2.10 bits per heavy atom. The maximum absolute atomic E-state index is 12.9. The highest BCUT2D eigenvalue weighted by Gasteiger charge is 2.37. The Kier molecular flexibility index (Phi) is 9.31. The molecule has 172 valence electrons. The molecule has 0 aromatic carbocycles. The van der Waals surface area contributed by atoms with E-state index in [1.165, 1.54) is 29.2 Å². The van der Waals surface area contributed by atoms with Crippen LogP contribution in [0.15, 0.2) is 12.5 Å². The van der Waals surface area contributed by atoms with Crippen LogP contribution in [0.1, 0.15) is 31.9 Å². The number of likely N-dealkylation sites (tertiary alicyclic amines) is 1. The number of H-pyrrole nitrogens is 1. The van der Waals surface area contributed by atoms with Crippen molar-refractivity contribution in [1.82, 2.24) is 25.5 Å². The Balaban J connectivity index is 2.07. The highest BCUT2D eigenvalue weighted by molar-refractivity contribution is 7.98. The number of imidazole rings is 1. The van der Waals surface area contributed by atoms with E-state index in [1.807, 2.05) is 6.26 Å². The molecule has 1 fully saturated rings. The molecule has 4 unspecified atom stereocenters. The van der Waals surface area contributed by atoms with E-state index in [0.717, 1.165) is 0 Å². The molecule has 1 aromatic rings. The van der Waals surface area contributed by atoms with Crippen molar-refractivity contribution in [1.29, 1.82) is 0 Å². The summed E-state index contributed by atoms with van der Waals surface area (Å²) in [6.45, 7) is 2.00. The van der Waals surface area contributed by atoms with Crippen LogP contribution < -0.4 is 16.4 Å². The van der Waals surface area contributed by atoms with E-state index in [9.17, 15) is 24.3 Å². The number of hydrogen-bond donors (Lipinski definition) is 5. The summed E-state index contributed by atoms with van der Waals surface area (Å²) in [7, 11) is 0. The largest absolute Gasteiger partial charge is 0.480 e. The molecule has 4 atom stereocenters. The van der Waals surface area contributed by atoms with Gasteiger partial charge in [-0.05, 0) is 38.2 Å². The van der Waals surface area contributed by atoms with Gasteiger partial charge in [0.1, 0.15) is 18.1 Å². The highest BCUT2D eigenvalue weighted by atomic mass is 32.2. The molecule has 1 aliphatic heterocycles. The lowest BCUT2D eigenvalue weighted by Crippen LogP contribution is -2.56. The quantitative estimate of drug-likeness (QED) is 0.286. The number of thioether (sulfide) groups is 1. The van der Waals surface area contributed by atoms with Crippen LogP contribution in [-0.2, 0) is 25.6 Å². The summed E-state index contributed by atoms with van der Waals surface area (Å²) in [5.41, 5.74) is 6.24. The zero-order valence-electron chi connectivity index (χ0n) is 17.7. The van der Waals surface area contributed by atoms with E-state index in [-0.39, 0.29) is 12.3 Å². The minimum atomic E-state index is -1.19. The van der Waals surface area contributed by atoms with Crippen molar-refractivity contribution in [3.8, 4) is 0 Å². The number of hydrogen-bond acceptors (Lipinski definition) is 7. The first-order chi connectivity index (χ1) is 14.7. The van der Waals surface area contributed by atoms with Gasteiger partial charge in [0.05, 0.1) is 12.4 Å². The predicted molar refractivity (Wildman–Crippen MR) is 115 cm³/mol. The van der Waals surface area contributed by atoms with Crippen LogP contribution >= 0.6 is 11.8 Å². The molecular weight excluding hydrogens is 424 g/mol. The Hall–Kier alpha value is -2.60. The number of carbonyl (C=O) groups is 4. The molecule has 0 saturated carbocycles. The lowest BCUT2D eigenvalue weighted by molar-refractivity contribution is -0.143. The molecule has 1 saturated heterocycles. The number of aromatic nitrogens is 2. The molecule has 0 aliphatic carbocycles. The van der Waals surface area contributed by atoms with Crippen molar-refractivity contribution in [3.63, 3.8) is 0 Å². The zero-order chi connectivity index (χ0) is 23.0. The first-order valence-corrected chi connectivity index (χ1v) is 11.5. The number of carboxylic acid groups (broad SMARTS) is 1. The molecule has 11 nitrogen and oxygen atoms in total. The van der Waals surface area contributed by atoms with Gasteiger partial charge in [-0.25, -0.2) is 9.78 Å². The molecule has 0 bridgehead atoms. The van der Waals surface area contributed by atoms with Gasteiger partial charge in [-0.2, -0.15) is 11.8 Å². The molecule has 6 N–H and O–H groups in total. The molecule has 2 rings (SSSR count). The van der Waals surface area contributed by atoms with Crippen LogP contribution in [0.2, 0.25) is 0 Å². The number of rotatable bonds is 11. The Morgan fingerprint density at radius 3 is 2.68 bits per heavy atom. The van der Waals surface area contributed by atoms with Gasteiger partial charge >= 0.3 is 5.97 Å². The fraction of sp³-hybridized carbons (Fsp3) is 0.632. The highest BCUT2D eigenvalue weighted by Crippen LogP contribution is 2.19. The second kappa shape index (κ2) is 11.7. The summed E-state index contributed by atoms with van der Waals surface area (Å²) in [6.07, 6.45) is 6.29. The fourth-order valence-corrected chi connectivity index (χ4v) is 3.90. The summed E-state index contributed by atoms with van der Waals surface area (Å²) in [5, 5.41) is 14.7. The summed E-state index contributed by atoms with van der Waals surface area (Å²) >= 11 is 1.50. The topological polar surface area (TPSA) is 171 Å². The van der Waals surface area contributed by atoms with E-state index in [1.54, 1.807) is 6.92 Å². The molecule has 1 aromatic heterocycles. The van der Waals surface area contributed by atoms with Crippen LogP contribution in [0.4, 0.5) is 0 Å².